The summed E-state index contributed by atoms with van der Waals surface area (Å²) in [7, 11) is 0. The predicted octanol–water partition coefficient (Wildman–Crippen LogP) is 15.9. The smallest absolute Gasteiger partial charge is 0.159 e. The molecular formula is C54H34N2OS. The van der Waals surface area contributed by atoms with Crippen molar-refractivity contribution >= 4 is 92.3 Å². The van der Waals surface area contributed by atoms with Crippen molar-refractivity contribution in [2.24, 2.45) is 0 Å². The Hall–Kier alpha value is -7.40. The second-order valence-corrected chi connectivity index (χ2v) is 16.0. The summed E-state index contributed by atoms with van der Waals surface area (Å²) in [5.41, 5.74) is 13.1. The summed E-state index contributed by atoms with van der Waals surface area (Å²) in [5.74, 6) is 0. The monoisotopic (exact) mass is 758 g/mol. The van der Waals surface area contributed by atoms with E-state index in [4.69, 9.17) is 4.42 Å². The van der Waals surface area contributed by atoms with Gasteiger partial charge in [0.25, 0.3) is 0 Å². The van der Waals surface area contributed by atoms with Gasteiger partial charge in [-0.05, 0) is 95.1 Å². The first-order chi connectivity index (χ1) is 28.7. The maximum Gasteiger partial charge on any atom is 0.159 e. The van der Waals surface area contributed by atoms with Gasteiger partial charge in [0.15, 0.2) is 5.58 Å². The third-order valence-electron chi connectivity index (χ3n) is 11.6. The predicted molar refractivity (Wildman–Crippen MR) is 247 cm³/mol. The lowest BCUT2D eigenvalue weighted by Crippen LogP contribution is -2.09. The lowest BCUT2D eigenvalue weighted by Gasteiger charge is -2.26. The molecule has 4 heteroatoms. The fraction of sp³-hybridized carbons (Fsp3) is 0. The van der Waals surface area contributed by atoms with Gasteiger partial charge >= 0.3 is 0 Å². The van der Waals surface area contributed by atoms with E-state index in [0.29, 0.717) is 0 Å². The van der Waals surface area contributed by atoms with Gasteiger partial charge in [-0.1, -0.05) is 127 Å². The molecular weight excluding hydrogens is 725 g/mol. The molecule has 3 aromatic heterocycles. The van der Waals surface area contributed by atoms with E-state index in [1.54, 1.807) is 0 Å². The number of benzene rings is 9. The Labute approximate surface area is 338 Å². The second-order valence-electron chi connectivity index (χ2n) is 14.9. The van der Waals surface area contributed by atoms with Crippen molar-refractivity contribution < 1.29 is 4.42 Å². The quantitative estimate of drug-likeness (QED) is 0.168. The van der Waals surface area contributed by atoms with E-state index in [-0.39, 0.29) is 0 Å². The number of aromatic nitrogens is 1. The summed E-state index contributed by atoms with van der Waals surface area (Å²) >= 11 is 1.84. The minimum absolute atomic E-state index is 0.849. The van der Waals surface area contributed by atoms with Gasteiger partial charge in [-0.3, -0.25) is 0 Å². The van der Waals surface area contributed by atoms with E-state index in [2.05, 4.69) is 216 Å². The molecule has 12 aromatic rings. The molecule has 3 nitrogen and oxygen atoms in total. The Kier molecular flexibility index (Phi) is 7.40. The number of para-hydroxylation sites is 3. The molecule has 0 amide bonds. The van der Waals surface area contributed by atoms with Crippen molar-refractivity contribution in [3.8, 4) is 27.9 Å². The van der Waals surface area contributed by atoms with Gasteiger partial charge in [-0.2, -0.15) is 0 Å². The van der Waals surface area contributed by atoms with Gasteiger partial charge in [0.05, 0.1) is 16.7 Å². The van der Waals surface area contributed by atoms with Gasteiger partial charge in [0, 0.05) is 64.8 Å². The SMILES string of the molecule is c1ccc(-c2cccc(-c3ccc(N(c4ccc5c(c4)oc4c(-n6c7ccccc7c7ccccc76)cccc45)c4ccc5sc6ccccc6c5c4)cc3)c2)cc1. The van der Waals surface area contributed by atoms with Crippen LogP contribution in [0.5, 0.6) is 0 Å². The van der Waals surface area contributed by atoms with Crippen molar-refractivity contribution in [3.63, 3.8) is 0 Å². The minimum atomic E-state index is 0.849. The lowest BCUT2D eigenvalue weighted by molar-refractivity contribution is 0.666. The first-order valence-corrected chi connectivity index (χ1v) is 20.5. The highest BCUT2D eigenvalue weighted by molar-refractivity contribution is 7.25. The van der Waals surface area contributed by atoms with Gasteiger partial charge < -0.3 is 13.9 Å². The Morgan fingerprint density at radius 1 is 0.362 bits per heavy atom. The molecule has 0 bridgehead atoms. The number of furan rings is 1. The van der Waals surface area contributed by atoms with E-state index >= 15 is 0 Å². The molecule has 0 spiro atoms. The van der Waals surface area contributed by atoms with Crippen LogP contribution in [0.1, 0.15) is 0 Å². The zero-order valence-corrected chi connectivity index (χ0v) is 32.2. The molecule has 12 rings (SSSR count). The van der Waals surface area contributed by atoms with Gasteiger partial charge in [0.2, 0.25) is 0 Å². The number of thiophene rings is 1. The summed E-state index contributed by atoms with van der Waals surface area (Å²) in [4.78, 5) is 2.36. The van der Waals surface area contributed by atoms with Crippen LogP contribution >= 0.6 is 11.3 Å². The zero-order valence-electron chi connectivity index (χ0n) is 31.3. The first-order valence-electron chi connectivity index (χ1n) is 19.7. The average Bonchev–Trinajstić information content (AvgIpc) is 3.96. The van der Waals surface area contributed by atoms with E-state index in [1.807, 2.05) is 11.3 Å². The van der Waals surface area contributed by atoms with Crippen molar-refractivity contribution in [3.05, 3.63) is 206 Å². The van der Waals surface area contributed by atoms with Crippen LogP contribution in [0.2, 0.25) is 0 Å². The molecule has 0 aliphatic carbocycles. The lowest BCUT2D eigenvalue weighted by atomic mass is 9.99. The molecule has 0 aliphatic heterocycles. The Morgan fingerprint density at radius 2 is 0.931 bits per heavy atom. The number of anilines is 3. The van der Waals surface area contributed by atoms with Crippen LogP contribution in [-0.4, -0.2) is 4.57 Å². The van der Waals surface area contributed by atoms with Crippen LogP contribution in [-0.2, 0) is 0 Å². The fourth-order valence-corrected chi connectivity index (χ4v) is 9.97. The molecule has 0 saturated carbocycles. The highest BCUT2D eigenvalue weighted by Crippen LogP contribution is 2.44. The number of rotatable bonds is 6. The number of fused-ring (bicyclic) bond motifs is 9. The zero-order chi connectivity index (χ0) is 38.2. The van der Waals surface area contributed by atoms with E-state index in [1.165, 1.54) is 53.2 Å². The molecule has 9 aromatic carbocycles. The molecule has 272 valence electrons. The van der Waals surface area contributed by atoms with Crippen LogP contribution in [0.25, 0.3) is 91.9 Å². The largest absolute Gasteiger partial charge is 0.454 e. The molecule has 0 unspecified atom stereocenters. The molecule has 0 aliphatic rings. The standard InChI is InChI=1S/C54H34N2OS/c1-2-12-35(13-3-1)37-14-10-15-38(32-37)36-24-26-39(27-25-36)55(40-29-31-53-47(33-40)45-18-6-9-23-52(45)58-53)41-28-30-44-46-19-11-22-50(54(46)57-51(44)34-41)56-48-20-7-4-16-42(48)43-17-5-8-21-49(43)56/h1-34H. The Bertz CT molecular complexity index is 3460. The summed E-state index contributed by atoms with van der Waals surface area (Å²) in [5, 5.41) is 7.19. The minimum Gasteiger partial charge on any atom is -0.454 e. The maximum atomic E-state index is 6.96. The van der Waals surface area contributed by atoms with Crippen LogP contribution in [0.4, 0.5) is 17.1 Å². The third kappa shape index (κ3) is 5.19. The maximum absolute atomic E-state index is 6.96. The Balaban J connectivity index is 1.02. The number of hydrogen-bond donors (Lipinski definition) is 0. The molecule has 58 heavy (non-hydrogen) atoms. The highest BCUT2D eigenvalue weighted by Gasteiger charge is 2.20. The number of hydrogen-bond acceptors (Lipinski definition) is 3. The van der Waals surface area contributed by atoms with Crippen molar-refractivity contribution in [2.75, 3.05) is 4.90 Å². The van der Waals surface area contributed by atoms with Gasteiger partial charge in [-0.15, -0.1) is 11.3 Å². The number of nitrogens with zero attached hydrogens (tertiary/aromatic N) is 2. The van der Waals surface area contributed by atoms with E-state index in [9.17, 15) is 0 Å². The van der Waals surface area contributed by atoms with Gasteiger partial charge in [-0.25, -0.2) is 0 Å². The van der Waals surface area contributed by atoms with E-state index < -0.39 is 0 Å². The summed E-state index contributed by atoms with van der Waals surface area (Å²) in [6.07, 6.45) is 0. The molecule has 3 heterocycles. The molecule has 0 saturated heterocycles. The van der Waals surface area contributed by atoms with Crippen molar-refractivity contribution in [1.29, 1.82) is 0 Å². The molecule has 0 N–H and O–H groups in total. The van der Waals surface area contributed by atoms with Gasteiger partial charge in [0.1, 0.15) is 5.58 Å². The first kappa shape index (κ1) is 32.8. The molecule has 0 radical (unpaired) electrons. The van der Waals surface area contributed by atoms with Crippen molar-refractivity contribution in [1.82, 2.24) is 4.57 Å². The van der Waals surface area contributed by atoms with Crippen molar-refractivity contribution in [2.45, 2.75) is 0 Å². The average molecular weight is 759 g/mol. The van der Waals surface area contributed by atoms with Crippen LogP contribution in [0.15, 0.2) is 211 Å². The Morgan fingerprint density at radius 3 is 1.71 bits per heavy atom. The summed E-state index contributed by atoms with van der Waals surface area (Å²) < 4.78 is 11.9. The summed E-state index contributed by atoms with van der Waals surface area (Å²) in [6.45, 7) is 0. The van der Waals surface area contributed by atoms with Crippen LogP contribution < -0.4 is 4.90 Å². The van der Waals surface area contributed by atoms with Crippen LogP contribution in [0, 0.1) is 0 Å². The summed E-state index contributed by atoms with van der Waals surface area (Å²) in [6, 6.07) is 74.3. The highest BCUT2D eigenvalue weighted by atomic mass is 32.1. The topological polar surface area (TPSA) is 21.3 Å². The molecule has 0 atom stereocenters. The second kappa shape index (κ2) is 13.1. The normalized spacial score (nSPS) is 11.8. The van der Waals surface area contributed by atoms with E-state index in [0.717, 1.165) is 55.7 Å². The fourth-order valence-electron chi connectivity index (χ4n) is 8.88. The van der Waals surface area contributed by atoms with Crippen LogP contribution in [0.3, 0.4) is 0 Å². The third-order valence-corrected chi connectivity index (χ3v) is 12.7. The molecule has 0 fully saturated rings.